The highest BCUT2D eigenvalue weighted by molar-refractivity contribution is 9.10. The molecule has 31 heavy (non-hydrogen) atoms. The molecule has 0 unspecified atom stereocenters. The molecule has 0 spiro atoms. The lowest BCUT2D eigenvalue weighted by atomic mass is 10.1. The Morgan fingerprint density at radius 2 is 1.90 bits per heavy atom. The van der Waals surface area contributed by atoms with Crippen LogP contribution in [0.3, 0.4) is 0 Å². The van der Waals surface area contributed by atoms with Crippen LogP contribution in [0.2, 0.25) is 5.02 Å². The van der Waals surface area contributed by atoms with E-state index in [0.717, 1.165) is 17.7 Å². The zero-order valence-electron chi connectivity index (χ0n) is 18.6. The van der Waals surface area contributed by atoms with Gasteiger partial charge in [-0.2, -0.15) is 0 Å². The largest absolute Gasteiger partial charge is 0.384 e. The molecule has 0 aliphatic rings. The zero-order valence-corrected chi connectivity index (χ0v) is 20.9. The molecule has 1 aromatic carbocycles. The van der Waals surface area contributed by atoms with Crippen molar-refractivity contribution in [2.45, 2.75) is 47.2 Å². The number of aromatic nitrogens is 4. The predicted octanol–water partition coefficient (Wildman–Crippen LogP) is 4.42. The first kappa shape index (κ1) is 23.6. The van der Waals surface area contributed by atoms with Crippen molar-refractivity contribution in [1.82, 2.24) is 18.7 Å². The van der Waals surface area contributed by atoms with Gasteiger partial charge >= 0.3 is 5.69 Å². The van der Waals surface area contributed by atoms with E-state index < -0.39 is 0 Å². The molecule has 1 atom stereocenters. The molecule has 2 heterocycles. The molecule has 0 aliphatic carbocycles. The number of hydrogen-bond donors (Lipinski definition) is 1. The normalized spacial score (nSPS) is 12.6. The third-order valence-corrected chi connectivity index (χ3v) is 6.29. The SMILES string of the molecule is Cc1ccc(Cl)cc1NC[C@H](C)Cn1c(Br)nc2c1c(=O)n(CCC(C)C)c(=O)n2C. The van der Waals surface area contributed by atoms with Gasteiger partial charge in [0.2, 0.25) is 0 Å². The number of imidazole rings is 1. The van der Waals surface area contributed by atoms with E-state index in [1.54, 1.807) is 7.05 Å². The summed E-state index contributed by atoms with van der Waals surface area (Å²) in [6.45, 7) is 9.94. The number of hydrogen-bond acceptors (Lipinski definition) is 4. The molecule has 7 nitrogen and oxygen atoms in total. The quantitative estimate of drug-likeness (QED) is 0.455. The molecule has 0 radical (unpaired) electrons. The fraction of sp³-hybridized carbons (Fsp3) is 0.500. The van der Waals surface area contributed by atoms with Crippen molar-refractivity contribution in [3.63, 3.8) is 0 Å². The number of fused-ring (bicyclic) bond motifs is 1. The lowest BCUT2D eigenvalue weighted by Gasteiger charge is -2.17. The number of halogens is 2. The minimum Gasteiger partial charge on any atom is -0.384 e. The van der Waals surface area contributed by atoms with E-state index >= 15 is 0 Å². The van der Waals surface area contributed by atoms with Gasteiger partial charge in [-0.25, -0.2) is 9.78 Å². The first-order valence-electron chi connectivity index (χ1n) is 10.5. The summed E-state index contributed by atoms with van der Waals surface area (Å²) in [4.78, 5) is 30.4. The maximum absolute atomic E-state index is 13.2. The van der Waals surface area contributed by atoms with Crippen LogP contribution in [0.15, 0.2) is 32.5 Å². The van der Waals surface area contributed by atoms with Crippen LogP contribution in [-0.2, 0) is 20.1 Å². The van der Waals surface area contributed by atoms with E-state index in [0.29, 0.717) is 46.5 Å². The first-order chi connectivity index (χ1) is 14.6. The number of aryl methyl sites for hydroxylation is 2. The second-order valence-electron chi connectivity index (χ2n) is 8.59. The van der Waals surface area contributed by atoms with Crippen molar-refractivity contribution < 1.29 is 0 Å². The molecule has 2 aromatic heterocycles. The van der Waals surface area contributed by atoms with Crippen LogP contribution in [0.1, 0.15) is 32.8 Å². The summed E-state index contributed by atoms with van der Waals surface area (Å²) in [6, 6.07) is 5.76. The summed E-state index contributed by atoms with van der Waals surface area (Å²) in [5.41, 5.74) is 2.34. The second kappa shape index (κ2) is 9.61. The number of anilines is 1. The fourth-order valence-electron chi connectivity index (χ4n) is 3.54. The van der Waals surface area contributed by atoms with Gasteiger partial charge in [0.25, 0.3) is 5.56 Å². The standard InChI is InChI=1S/C22H29BrClN5O2/c1-13(2)8-9-28-20(30)18-19(27(5)22(28)31)26-21(23)29(18)12-14(3)11-25-17-10-16(24)7-6-15(17)4/h6-7,10,13-14,25H,8-9,11-12H2,1-5H3/t14-/m0/s1. The van der Waals surface area contributed by atoms with Crippen molar-refractivity contribution in [2.24, 2.45) is 18.9 Å². The van der Waals surface area contributed by atoms with E-state index in [2.05, 4.69) is 47.0 Å². The molecule has 3 aromatic rings. The van der Waals surface area contributed by atoms with Crippen molar-refractivity contribution in [3.05, 3.63) is 54.4 Å². The highest BCUT2D eigenvalue weighted by Gasteiger charge is 2.20. The topological polar surface area (TPSA) is 73.8 Å². The molecule has 0 saturated carbocycles. The van der Waals surface area contributed by atoms with Crippen LogP contribution in [0.25, 0.3) is 11.2 Å². The third kappa shape index (κ3) is 5.06. The highest BCUT2D eigenvalue weighted by atomic mass is 79.9. The maximum Gasteiger partial charge on any atom is 0.332 e. The van der Waals surface area contributed by atoms with Crippen LogP contribution in [0.5, 0.6) is 0 Å². The lowest BCUT2D eigenvalue weighted by molar-refractivity contribution is 0.482. The highest BCUT2D eigenvalue weighted by Crippen LogP contribution is 2.22. The number of nitrogens with zero attached hydrogens (tertiary/aromatic N) is 4. The van der Waals surface area contributed by atoms with Gasteiger partial charge in [0.05, 0.1) is 0 Å². The van der Waals surface area contributed by atoms with E-state index in [9.17, 15) is 9.59 Å². The van der Waals surface area contributed by atoms with Gasteiger partial charge in [-0.3, -0.25) is 13.9 Å². The van der Waals surface area contributed by atoms with Gasteiger partial charge in [-0.1, -0.05) is 38.4 Å². The van der Waals surface area contributed by atoms with E-state index in [-0.39, 0.29) is 17.2 Å². The Morgan fingerprint density at radius 1 is 1.19 bits per heavy atom. The van der Waals surface area contributed by atoms with Crippen molar-refractivity contribution in [1.29, 1.82) is 0 Å². The summed E-state index contributed by atoms with van der Waals surface area (Å²) in [5, 5.41) is 4.13. The molecule has 0 fully saturated rings. The van der Waals surface area contributed by atoms with Crippen LogP contribution in [0, 0.1) is 18.8 Å². The second-order valence-corrected chi connectivity index (χ2v) is 9.74. The van der Waals surface area contributed by atoms with E-state index in [1.165, 1.54) is 9.13 Å². The van der Waals surface area contributed by atoms with Gasteiger partial charge < -0.3 is 9.88 Å². The fourth-order valence-corrected chi connectivity index (χ4v) is 4.20. The van der Waals surface area contributed by atoms with Gasteiger partial charge in [0, 0.05) is 37.4 Å². The van der Waals surface area contributed by atoms with Gasteiger partial charge in [0.15, 0.2) is 15.9 Å². The molecule has 0 aliphatic heterocycles. The summed E-state index contributed by atoms with van der Waals surface area (Å²) >= 11 is 9.60. The maximum atomic E-state index is 13.2. The third-order valence-electron chi connectivity index (χ3n) is 5.45. The smallest absolute Gasteiger partial charge is 0.332 e. The predicted molar refractivity (Wildman–Crippen MR) is 130 cm³/mol. The molecule has 1 N–H and O–H groups in total. The summed E-state index contributed by atoms with van der Waals surface area (Å²) in [5.74, 6) is 0.581. The zero-order chi connectivity index (χ0) is 22.9. The Hall–Kier alpha value is -2.06. The monoisotopic (exact) mass is 509 g/mol. The van der Waals surface area contributed by atoms with Crippen molar-refractivity contribution >= 4 is 44.4 Å². The Balaban J connectivity index is 1.91. The van der Waals surface area contributed by atoms with Gasteiger partial charge in [0.1, 0.15) is 0 Å². The molecular weight excluding hydrogens is 482 g/mol. The van der Waals surface area contributed by atoms with Crippen LogP contribution in [0.4, 0.5) is 5.69 Å². The molecule has 0 saturated heterocycles. The Labute approximate surface area is 195 Å². The number of nitrogens with one attached hydrogen (secondary N) is 1. The van der Waals surface area contributed by atoms with E-state index in [4.69, 9.17) is 11.6 Å². The molecule has 3 rings (SSSR count). The Bertz CT molecular complexity index is 1210. The van der Waals surface area contributed by atoms with Crippen LogP contribution >= 0.6 is 27.5 Å². The average molecular weight is 511 g/mol. The minimum absolute atomic E-state index is 0.188. The van der Waals surface area contributed by atoms with Crippen molar-refractivity contribution in [2.75, 3.05) is 11.9 Å². The molecular formula is C22H29BrClN5O2. The van der Waals surface area contributed by atoms with Crippen molar-refractivity contribution in [3.8, 4) is 0 Å². The Morgan fingerprint density at radius 3 is 2.58 bits per heavy atom. The first-order valence-corrected chi connectivity index (χ1v) is 11.6. The van der Waals surface area contributed by atoms with Gasteiger partial charge in [-0.05, 0) is 58.8 Å². The lowest BCUT2D eigenvalue weighted by Crippen LogP contribution is -2.40. The summed E-state index contributed by atoms with van der Waals surface area (Å²) < 4.78 is 5.18. The van der Waals surface area contributed by atoms with Crippen LogP contribution in [-0.4, -0.2) is 25.2 Å². The van der Waals surface area contributed by atoms with Gasteiger partial charge in [-0.15, -0.1) is 0 Å². The Kier molecular flexibility index (Phi) is 7.31. The summed E-state index contributed by atoms with van der Waals surface area (Å²) in [6.07, 6.45) is 0.759. The molecule has 0 bridgehead atoms. The number of benzene rings is 1. The molecule has 9 heteroatoms. The number of rotatable bonds is 8. The minimum atomic E-state index is -0.332. The average Bonchev–Trinajstić information content (AvgIpc) is 3.03. The van der Waals surface area contributed by atoms with E-state index in [1.807, 2.05) is 29.7 Å². The van der Waals surface area contributed by atoms with Crippen LogP contribution < -0.4 is 16.6 Å². The summed E-state index contributed by atoms with van der Waals surface area (Å²) in [7, 11) is 1.66. The molecule has 168 valence electrons. The molecule has 0 amide bonds.